The molecule has 8 nitrogen and oxygen atoms in total. The average Bonchev–Trinajstić information content (AvgIpc) is 3.49. The van der Waals surface area contributed by atoms with Crippen LogP contribution in [0.4, 0.5) is 14.6 Å². The first kappa shape index (κ1) is 22.9. The highest BCUT2D eigenvalue weighted by atomic mass is 19.1. The van der Waals surface area contributed by atoms with Gasteiger partial charge in [-0.25, -0.2) is 13.8 Å². The van der Waals surface area contributed by atoms with Crippen LogP contribution >= 0.6 is 0 Å². The lowest BCUT2D eigenvalue weighted by Crippen LogP contribution is -2.52. The molecular weight excluding hydrogens is 442 g/mol. The van der Waals surface area contributed by atoms with Gasteiger partial charge in [-0.05, 0) is 45.1 Å². The molecular formula is C24H30F2N6O2. The Morgan fingerprint density at radius 2 is 2.15 bits per heavy atom. The van der Waals surface area contributed by atoms with Gasteiger partial charge in [0.15, 0.2) is 17.3 Å². The van der Waals surface area contributed by atoms with Crippen LogP contribution < -0.4 is 5.32 Å². The summed E-state index contributed by atoms with van der Waals surface area (Å²) < 4.78 is 27.2. The highest BCUT2D eigenvalue weighted by molar-refractivity contribution is 6.03. The molecule has 2 saturated heterocycles. The van der Waals surface area contributed by atoms with E-state index in [0.717, 1.165) is 37.8 Å². The summed E-state index contributed by atoms with van der Waals surface area (Å²) in [6.45, 7) is 8.57. The lowest BCUT2D eigenvalue weighted by Gasteiger charge is -2.43. The van der Waals surface area contributed by atoms with Gasteiger partial charge in [-0.15, -0.1) is 0 Å². The average molecular weight is 473 g/mol. The molecule has 5 rings (SSSR count). The number of nitrogens with zero attached hydrogens (tertiary/aromatic N) is 4. The summed E-state index contributed by atoms with van der Waals surface area (Å²) in [7, 11) is 0. The summed E-state index contributed by atoms with van der Waals surface area (Å²) >= 11 is 0. The van der Waals surface area contributed by atoms with E-state index in [-0.39, 0.29) is 23.6 Å². The predicted molar refractivity (Wildman–Crippen MR) is 121 cm³/mol. The van der Waals surface area contributed by atoms with E-state index in [1.807, 2.05) is 18.7 Å². The van der Waals surface area contributed by atoms with Crippen LogP contribution in [0.2, 0.25) is 0 Å². The summed E-state index contributed by atoms with van der Waals surface area (Å²) in [5.41, 5.74) is 0.380. The van der Waals surface area contributed by atoms with Crippen LogP contribution in [0.5, 0.6) is 0 Å². The van der Waals surface area contributed by atoms with E-state index in [1.54, 1.807) is 0 Å². The maximum Gasteiger partial charge on any atom is 0.278 e. The number of aromatic nitrogens is 3. The van der Waals surface area contributed by atoms with Crippen molar-refractivity contribution >= 4 is 17.6 Å². The number of aromatic amines is 1. The van der Waals surface area contributed by atoms with E-state index < -0.39 is 28.8 Å². The van der Waals surface area contributed by atoms with Crippen molar-refractivity contribution in [2.24, 2.45) is 11.8 Å². The molecule has 0 bridgehead atoms. The van der Waals surface area contributed by atoms with E-state index >= 15 is 0 Å². The summed E-state index contributed by atoms with van der Waals surface area (Å²) in [4.78, 5) is 34.5. The Bertz CT molecular complexity index is 1140. The van der Waals surface area contributed by atoms with Crippen molar-refractivity contribution in [2.75, 3.05) is 18.4 Å². The molecule has 2 N–H and O–H groups in total. The number of carbonyl (C=O) groups excluding carboxylic acids is 2. The Hall–Kier alpha value is -2.88. The lowest BCUT2D eigenvalue weighted by molar-refractivity contribution is -0.146. The van der Waals surface area contributed by atoms with Crippen LogP contribution in [-0.2, 0) is 16.9 Å². The van der Waals surface area contributed by atoms with E-state index in [0.29, 0.717) is 30.6 Å². The molecule has 182 valence electrons. The number of carbonyl (C=O) groups is 2. The predicted octanol–water partition coefficient (Wildman–Crippen LogP) is 3.42. The zero-order valence-corrected chi connectivity index (χ0v) is 19.7. The first-order chi connectivity index (χ1) is 16.2. The van der Waals surface area contributed by atoms with Gasteiger partial charge in [-0.2, -0.15) is 5.10 Å². The topological polar surface area (TPSA) is 94.2 Å². The molecule has 0 aromatic carbocycles. The number of H-pyrrole nitrogens is 1. The van der Waals surface area contributed by atoms with Gasteiger partial charge in [0.2, 0.25) is 5.91 Å². The first-order valence-electron chi connectivity index (χ1n) is 12.0. The fraction of sp³-hybridized carbons (Fsp3) is 0.583. The Morgan fingerprint density at radius 1 is 1.35 bits per heavy atom. The van der Waals surface area contributed by atoms with Crippen molar-refractivity contribution < 1.29 is 18.4 Å². The van der Waals surface area contributed by atoms with Gasteiger partial charge in [0, 0.05) is 30.1 Å². The molecule has 5 heterocycles. The number of anilines is 1. The van der Waals surface area contributed by atoms with E-state index in [1.165, 1.54) is 6.42 Å². The van der Waals surface area contributed by atoms with Crippen LogP contribution in [0.25, 0.3) is 0 Å². The molecule has 2 aromatic heterocycles. The molecule has 0 aliphatic carbocycles. The van der Waals surface area contributed by atoms with E-state index in [9.17, 15) is 18.4 Å². The minimum Gasteiger partial charge on any atom is -0.327 e. The SMILES string of the molecule is CC[C@]1(C)c2[nH]nc(NC(=O)c3ncc(F)cc3F)c2CN1C(=O)C1C[C@@H]2CCCN2C[C@@H]1C. The molecule has 3 aliphatic heterocycles. The van der Waals surface area contributed by atoms with Crippen LogP contribution in [0.15, 0.2) is 12.3 Å². The monoisotopic (exact) mass is 472 g/mol. The van der Waals surface area contributed by atoms with Crippen molar-refractivity contribution in [3.63, 3.8) is 0 Å². The third-order valence-corrected chi connectivity index (χ3v) is 8.08. The van der Waals surface area contributed by atoms with Gasteiger partial charge < -0.3 is 15.1 Å². The highest BCUT2D eigenvalue weighted by Crippen LogP contribution is 2.45. The number of rotatable bonds is 4. The Balaban J connectivity index is 1.39. The summed E-state index contributed by atoms with van der Waals surface area (Å²) in [5.74, 6) is -2.13. The van der Waals surface area contributed by atoms with E-state index in [4.69, 9.17) is 0 Å². The van der Waals surface area contributed by atoms with Crippen molar-refractivity contribution in [3.05, 3.63) is 40.8 Å². The maximum absolute atomic E-state index is 14.0. The largest absolute Gasteiger partial charge is 0.327 e. The second-order valence-corrected chi connectivity index (χ2v) is 10.0. The van der Waals surface area contributed by atoms with Crippen molar-refractivity contribution in [1.82, 2.24) is 25.0 Å². The number of fused-ring (bicyclic) bond motifs is 2. The number of nitrogens with one attached hydrogen (secondary N) is 2. The summed E-state index contributed by atoms with van der Waals surface area (Å²) in [5, 5.41) is 9.82. The van der Waals surface area contributed by atoms with Crippen LogP contribution in [0.3, 0.4) is 0 Å². The smallest absolute Gasteiger partial charge is 0.278 e. The molecule has 0 spiro atoms. The number of piperidine rings is 1. The molecule has 10 heteroatoms. The van der Waals surface area contributed by atoms with Crippen LogP contribution in [0.1, 0.15) is 68.2 Å². The number of hydrogen-bond acceptors (Lipinski definition) is 5. The Labute approximate surface area is 197 Å². The van der Waals surface area contributed by atoms with Gasteiger partial charge in [-0.1, -0.05) is 13.8 Å². The van der Waals surface area contributed by atoms with Crippen molar-refractivity contribution in [1.29, 1.82) is 0 Å². The second-order valence-electron chi connectivity index (χ2n) is 10.0. The number of pyridine rings is 1. The number of halogens is 2. The summed E-state index contributed by atoms with van der Waals surface area (Å²) in [6, 6.07) is 1.09. The van der Waals surface area contributed by atoms with Gasteiger partial charge in [0.05, 0.1) is 24.0 Å². The maximum atomic E-state index is 14.0. The normalized spacial score (nSPS) is 28.6. The fourth-order valence-corrected chi connectivity index (χ4v) is 5.94. The van der Waals surface area contributed by atoms with Crippen molar-refractivity contribution in [3.8, 4) is 0 Å². The number of amides is 2. The highest BCUT2D eigenvalue weighted by Gasteiger charge is 2.49. The molecule has 2 amide bonds. The van der Waals surface area contributed by atoms with Crippen molar-refractivity contribution in [2.45, 2.75) is 64.6 Å². The van der Waals surface area contributed by atoms with Crippen LogP contribution in [-0.4, -0.2) is 55.9 Å². The minimum atomic E-state index is -1.05. The first-order valence-corrected chi connectivity index (χ1v) is 12.0. The Morgan fingerprint density at radius 3 is 2.88 bits per heavy atom. The third-order valence-electron chi connectivity index (χ3n) is 8.08. The quantitative estimate of drug-likeness (QED) is 0.711. The molecule has 4 atom stereocenters. The van der Waals surface area contributed by atoms with Gasteiger partial charge in [0.25, 0.3) is 5.91 Å². The second kappa shape index (κ2) is 8.41. The van der Waals surface area contributed by atoms with Gasteiger partial charge in [-0.3, -0.25) is 14.7 Å². The Kier molecular flexibility index (Phi) is 5.66. The molecule has 2 aromatic rings. The zero-order valence-electron chi connectivity index (χ0n) is 19.7. The molecule has 3 aliphatic rings. The van der Waals surface area contributed by atoms with Crippen LogP contribution in [0, 0.1) is 23.5 Å². The van der Waals surface area contributed by atoms with Gasteiger partial charge in [0.1, 0.15) is 5.82 Å². The van der Waals surface area contributed by atoms with E-state index in [2.05, 4.69) is 32.3 Å². The molecule has 0 saturated carbocycles. The van der Waals surface area contributed by atoms with Gasteiger partial charge >= 0.3 is 0 Å². The number of hydrogen-bond donors (Lipinski definition) is 2. The lowest BCUT2D eigenvalue weighted by atomic mass is 9.81. The fourth-order valence-electron chi connectivity index (χ4n) is 5.94. The third kappa shape index (κ3) is 3.59. The molecule has 1 unspecified atom stereocenters. The zero-order chi connectivity index (χ0) is 24.2. The molecule has 34 heavy (non-hydrogen) atoms. The summed E-state index contributed by atoms with van der Waals surface area (Å²) in [6.07, 6.45) is 4.68. The molecule has 2 fully saturated rings. The standard InChI is InChI=1S/C24H30F2N6O2/c1-4-24(3)20-17(21(30-29-20)28-22(33)19-18(26)8-14(25)10-27-19)12-32(24)23(34)16-9-15-6-5-7-31(15)11-13(16)2/h8,10,13,15-16H,4-7,9,11-12H2,1-3H3,(H2,28,29,30,33)/t13-,15-,16?,24+/m0/s1. The molecule has 0 radical (unpaired) electrons. The minimum absolute atomic E-state index is 0.0438.